The Morgan fingerprint density at radius 2 is 1.96 bits per heavy atom. The van der Waals surface area contributed by atoms with E-state index in [-0.39, 0.29) is 5.91 Å². The molecular formula is C19H25N3O2. The predicted octanol–water partition coefficient (Wildman–Crippen LogP) is 3.37. The third kappa shape index (κ3) is 5.06. The summed E-state index contributed by atoms with van der Waals surface area (Å²) in [6, 6.07) is 10.6. The maximum absolute atomic E-state index is 12.6. The Morgan fingerprint density at radius 1 is 1.25 bits per heavy atom. The number of ether oxygens (including phenoxy) is 1. The van der Waals surface area contributed by atoms with E-state index in [1.54, 1.807) is 42.7 Å². The number of carbonyl (C=O) groups excluding carboxylic acids is 1. The highest BCUT2D eigenvalue weighted by atomic mass is 16.5. The van der Waals surface area contributed by atoms with Crippen LogP contribution in [0.4, 0.5) is 0 Å². The van der Waals surface area contributed by atoms with E-state index in [1.807, 2.05) is 13.0 Å². The molecule has 24 heavy (non-hydrogen) atoms. The first-order valence-electron chi connectivity index (χ1n) is 8.12. The number of rotatable bonds is 7. The van der Waals surface area contributed by atoms with Gasteiger partial charge in [0, 0.05) is 30.0 Å². The lowest BCUT2D eigenvalue weighted by Crippen LogP contribution is -2.52. The molecule has 2 aromatic rings. The van der Waals surface area contributed by atoms with Crippen molar-refractivity contribution in [2.45, 2.75) is 32.7 Å². The van der Waals surface area contributed by atoms with Gasteiger partial charge in [0.25, 0.3) is 5.91 Å². The fraction of sp³-hybridized carbons (Fsp3) is 0.368. The summed E-state index contributed by atoms with van der Waals surface area (Å²) in [5, 5.41) is 3.05. The van der Waals surface area contributed by atoms with Crippen LogP contribution >= 0.6 is 0 Å². The van der Waals surface area contributed by atoms with E-state index >= 15 is 0 Å². The highest BCUT2D eigenvalue weighted by Crippen LogP contribution is 2.22. The van der Waals surface area contributed by atoms with Gasteiger partial charge in [0.15, 0.2) is 0 Å². The van der Waals surface area contributed by atoms with Crippen molar-refractivity contribution in [1.82, 2.24) is 10.3 Å². The summed E-state index contributed by atoms with van der Waals surface area (Å²) in [5.74, 6) is 1.57. The van der Waals surface area contributed by atoms with Crippen LogP contribution in [0.5, 0.6) is 11.5 Å². The van der Waals surface area contributed by atoms with Crippen LogP contribution in [0.25, 0.3) is 0 Å². The summed E-state index contributed by atoms with van der Waals surface area (Å²) in [6.07, 6.45) is 4.14. The zero-order valence-electron chi connectivity index (χ0n) is 14.5. The Balaban J connectivity index is 2.11. The molecule has 2 rings (SSSR count). The van der Waals surface area contributed by atoms with Crippen LogP contribution in [-0.4, -0.2) is 23.0 Å². The topological polar surface area (TPSA) is 77.2 Å². The molecule has 0 radical (unpaired) electrons. The minimum atomic E-state index is -0.423. The molecule has 1 aromatic heterocycles. The largest absolute Gasteiger partial charge is 0.457 e. The maximum Gasteiger partial charge on any atom is 0.251 e. The molecule has 0 fully saturated rings. The molecule has 1 heterocycles. The number of hydrogen-bond donors (Lipinski definition) is 2. The van der Waals surface area contributed by atoms with Crippen LogP contribution < -0.4 is 15.8 Å². The van der Waals surface area contributed by atoms with E-state index < -0.39 is 5.54 Å². The van der Waals surface area contributed by atoms with E-state index in [0.29, 0.717) is 29.5 Å². The van der Waals surface area contributed by atoms with Crippen molar-refractivity contribution < 1.29 is 9.53 Å². The minimum Gasteiger partial charge on any atom is -0.457 e. The third-order valence-corrected chi connectivity index (χ3v) is 3.71. The average Bonchev–Trinajstić information content (AvgIpc) is 2.55. The van der Waals surface area contributed by atoms with Crippen molar-refractivity contribution >= 4 is 5.91 Å². The van der Waals surface area contributed by atoms with Crippen molar-refractivity contribution in [2.75, 3.05) is 6.54 Å². The number of hydrogen-bond acceptors (Lipinski definition) is 4. The molecular weight excluding hydrogens is 302 g/mol. The van der Waals surface area contributed by atoms with Gasteiger partial charge in [-0.1, -0.05) is 19.9 Å². The van der Waals surface area contributed by atoms with E-state index in [4.69, 9.17) is 10.5 Å². The molecule has 3 N–H and O–H groups in total. The molecule has 0 saturated heterocycles. The van der Waals surface area contributed by atoms with Gasteiger partial charge in [-0.25, -0.2) is 0 Å². The molecule has 1 atom stereocenters. The number of benzene rings is 1. The van der Waals surface area contributed by atoms with Crippen LogP contribution in [0.3, 0.4) is 0 Å². The van der Waals surface area contributed by atoms with Crippen LogP contribution in [0.15, 0.2) is 48.8 Å². The van der Waals surface area contributed by atoms with Gasteiger partial charge >= 0.3 is 0 Å². The summed E-state index contributed by atoms with van der Waals surface area (Å²) in [7, 11) is 0. The maximum atomic E-state index is 12.6. The van der Waals surface area contributed by atoms with Crippen LogP contribution in [0, 0.1) is 5.92 Å². The number of nitrogens with zero attached hydrogens (tertiary/aromatic N) is 1. The smallest absolute Gasteiger partial charge is 0.251 e. The summed E-state index contributed by atoms with van der Waals surface area (Å²) in [6.45, 7) is 6.60. The summed E-state index contributed by atoms with van der Waals surface area (Å²) >= 11 is 0. The Bertz CT molecular complexity index is 673. The average molecular weight is 327 g/mol. The standard InChI is InChI=1S/C19H25N3O2/c1-14(2)12-19(3,13-20)22-18(23)15-5-4-6-17(11-15)24-16-7-9-21-10-8-16/h4-11,14H,12-13,20H2,1-3H3,(H,22,23). The van der Waals surface area contributed by atoms with E-state index in [1.165, 1.54) is 0 Å². The van der Waals surface area contributed by atoms with Crippen LogP contribution in [0.2, 0.25) is 0 Å². The number of nitrogens with one attached hydrogen (secondary N) is 1. The number of nitrogens with two attached hydrogens (primary N) is 1. The fourth-order valence-corrected chi connectivity index (χ4v) is 2.68. The first-order chi connectivity index (χ1) is 11.4. The highest BCUT2D eigenvalue weighted by Gasteiger charge is 2.26. The molecule has 1 aromatic carbocycles. The van der Waals surface area contributed by atoms with Gasteiger partial charge in [-0.15, -0.1) is 0 Å². The zero-order chi connectivity index (χ0) is 17.6. The van der Waals surface area contributed by atoms with Crippen molar-refractivity contribution in [3.8, 4) is 11.5 Å². The Hall–Kier alpha value is -2.40. The lowest BCUT2D eigenvalue weighted by atomic mass is 9.90. The molecule has 0 spiro atoms. The second-order valence-electron chi connectivity index (χ2n) is 6.63. The quantitative estimate of drug-likeness (QED) is 0.817. The number of pyridine rings is 1. The first-order valence-corrected chi connectivity index (χ1v) is 8.12. The number of amides is 1. The lowest BCUT2D eigenvalue weighted by Gasteiger charge is -2.31. The molecule has 5 nitrogen and oxygen atoms in total. The first kappa shape index (κ1) is 17.9. The lowest BCUT2D eigenvalue weighted by molar-refractivity contribution is 0.0898. The van der Waals surface area contributed by atoms with Crippen molar-refractivity contribution in [2.24, 2.45) is 11.7 Å². The van der Waals surface area contributed by atoms with Gasteiger partial charge in [-0.05, 0) is 49.6 Å². The van der Waals surface area contributed by atoms with Gasteiger partial charge in [0.05, 0.1) is 0 Å². The Labute approximate surface area is 143 Å². The van der Waals surface area contributed by atoms with E-state index in [9.17, 15) is 4.79 Å². The molecule has 5 heteroatoms. The molecule has 0 aliphatic rings. The summed E-state index contributed by atoms with van der Waals surface area (Å²) in [4.78, 5) is 16.5. The zero-order valence-corrected chi connectivity index (χ0v) is 14.5. The van der Waals surface area contributed by atoms with Crippen LogP contribution in [-0.2, 0) is 0 Å². The van der Waals surface area contributed by atoms with Gasteiger partial charge in [-0.2, -0.15) is 0 Å². The van der Waals surface area contributed by atoms with Gasteiger partial charge in [-0.3, -0.25) is 9.78 Å². The summed E-state index contributed by atoms with van der Waals surface area (Å²) < 4.78 is 5.75. The predicted molar refractivity (Wildman–Crippen MR) is 95.1 cm³/mol. The molecule has 0 bridgehead atoms. The SMILES string of the molecule is CC(C)CC(C)(CN)NC(=O)c1cccc(Oc2ccncc2)c1. The number of aromatic nitrogens is 1. The summed E-state index contributed by atoms with van der Waals surface area (Å²) in [5.41, 5.74) is 5.99. The van der Waals surface area contributed by atoms with Gasteiger partial charge in [0.2, 0.25) is 0 Å². The fourth-order valence-electron chi connectivity index (χ4n) is 2.68. The Morgan fingerprint density at radius 3 is 2.58 bits per heavy atom. The molecule has 1 amide bonds. The monoisotopic (exact) mass is 327 g/mol. The van der Waals surface area contributed by atoms with E-state index in [2.05, 4.69) is 24.1 Å². The van der Waals surface area contributed by atoms with E-state index in [0.717, 1.165) is 6.42 Å². The van der Waals surface area contributed by atoms with Crippen LogP contribution in [0.1, 0.15) is 37.6 Å². The minimum absolute atomic E-state index is 0.149. The molecule has 128 valence electrons. The van der Waals surface area contributed by atoms with Gasteiger partial charge < -0.3 is 15.8 Å². The Kier molecular flexibility index (Phi) is 5.93. The number of carbonyl (C=O) groups is 1. The molecule has 1 unspecified atom stereocenters. The molecule has 0 aliphatic heterocycles. The van der Waals surface area contributed by atoms with Crippen molar-refractivity contribution in [3.05, 3.63) is 54.4 Å². The second kappa shape index (κ2) is 7.93. The van der Waals surface area contributed by atoms with Crippen molar-refractivity contribution in [1.29, 1.82) is 0 Å². The van der Waals surface area contributed by atoms with Crippen molar-refractivity contribution in [3.63, 3.8) is 0 Å². The van der Waals surface area contributed by atoms with Gasteiger partial charge in [0.1, 0.15) is 11.5 Å². The highest BCUT2D eigenvalue weighted by molar-refractivity contribution is 5.95. The third-order valence-electron chi connectivity index (χ3n) is 3.71. The normalized spacial score (nSPS) is 13.4. The molecule has 0 aliphatic carbocycles. The molecule has 0 saturated carbocycles. The second-order valence-corrected chi connectivity index (χ2v) is 6.63.